The summed E-state index contributed by atoms with van der Waals surface area (Å²) in [7, 11) is 0. The van der Waals surface area contributed by atoms with Gasteiger partial charge in [-0.1, -0.05) is 36.4 Å². The molecule has 0 heterocycles. The highest BCUT2D eigenvalue weighted by atomic mass is 19.1. The van der Waals surface area contributed by atoms with Gasteiger partial charge in [0.2, 0.25) is 0 Å². The van der Waals surface area contributed by atoms with E-state index in [1.165, 1.54) is 12.1 Å². The Labute approximate surface area is 118 Å². The minimum Gasteiger partial charge on any atom is -0.307 e. The zero-order valence-corrected chi connectivity index (χ0v) is 11.7. The molecule has 0 aromatic heterocycles. The second-order valence-electron chi connectivity index (χ2n) is 5.11. The number of halogens is 2. The van der Waals surface area contributed by atoms with Crippen molar-refractivity contribution in [1.29, 1.82) is 0 Å². The lowest BCUT2D eigenvalue weighted by molar-refractivity contribution is 0.454. The first-order valence-electron chi connectivity index (χ1n) is 6.82. The molecule has 2 rings (SSSR count). The number of hydrogen-bond donors (Lipinski definition) is 1. The Balaban J connectivity index is 2.00. The fourth-order valence-corrected chi connectivity index (χ4v) is 2.40. The van der Waals surface area contributed by atoms with E-state index in [1.807, 2.05) is 26.0 Å². The van der Waals surface area contributed by atoms with Gasteiger partial charge in [-0.2, -0.15) is 0 Å². The van der Waals surface area contributed by atoms with Gasteiger partial charge >= 0.3 is 0 Å². The molecule has 2 aromatic rings. The molecular weight excluding hydrogens is 256 g/mol. The van der Waals surface area contributed by atoms with Crippen molar-refractivity contribution in [3.8, 4) is 0 Å². The summed E-state index contributed by atoms with van der Waals surface area (Å²) in [6, 6.07) is 13.4. The molecule has 0 amide bonds. The van der Waals surface area contributed by atoms with Gasteiger partial charge < -0.3 is 5.32 Å². The Morgan fingerprint density at radius 2 is 1.50 bits per heavy atom. The maximum absolute atomic E-state index is 13.7. The van der Waals surface area contributed by atoms with E-state index in [0.717, 1.165) is 0 Å². The van der Waals surface area contributed by atoms with E-state index < -0.39 is 0 Å². The van der Waals surface area contributed by atoms with Crippen molar-refractivity contribution < 1.29 is 8.78 Å². The van der Waals surface area contributed by atoms with E-state index in [0.29, 0.717) is 17.5 Å². The van der Waals surface area contributed by atoms with Crippen LogP contribution in [-0.2, 0) is 6.42 Å². The molecule has 20 heavy (non-hydrogen) atoms. The molecular formula is C17H19F2N. The summed E-state index contributed by atoms with van der Waals surface area (Å²) in [6.07, 6.45) is 0.575. The molecule has 0 aliphatic heterocycles. The SMILES string of the molecule is CC(Cc1ccccc1F)N[C@H](C)c1ccccc1F. The van der Waals surface area contributed by atoms with Crippen molar-refractivity contribution in [3.05, 3.63) is 71.3 Å². The summed E-state index contributed by atoms with van der Waals surface area (Å²) in [6.45, 7) is 3.89. The minimum atomic E-state index is -0.217. The Bertz CT molecular complexity index is 568. The minimum absolute atomic E-state index is 0.0570. The highest BCUT2D eigenvalue weighted by molar-refractivity contribution is 5.21. The van der Waals surface area contributed by atoms with Gasteiger partial charge in [0.05, 0.1) is 0 Å². The molecule has 0 spiro atoms. The number of rotatable bonds is 5. The first-order valence-corrected chi connectivity index (χ1v) is 6.82. The smallest absolute Gasteiger partial charge is 0.127 e. The van der Waals surface area contributed by atoms with Crippen LogP contribution < -0.4 is 5.32 Å². The lowest BCUT2D eigenvalue weighted by Crippen LogP contribution is -2.31. The largest absolute Gasteiger partial charge is 0.307 e. The predicted molar refractivity (Wildman–Crippen MR) is 77.5 cm³/mol. The van der Waals surface area contributed by atoms with E-state index in [9.17, 15) is 8.78 Å². The summed E-state index contributed by atoms with van der Waals surface area (Å²) in [5, 5.41) is 3.31. The van der Waals surface area contributed by atoms with Gasteiger partial charge in [-0.25, -0.2) is 8.78 Å². The molecule has 2 atom stereocenters. The number of benzene rings is 2. The summed E-state index contributed by atoms with van der Waals surface area (Å²) < 4.78 is 27.3. The van der Waals surface area contributed by atoms with Crippen LogP contribution in [0.25, 0.3) is 0 Å². The van der Waals surface area contributed by atoms with Gasteiger partial charge in [-0.15, -0.1) is 0 Å². The third-order valence-electron chi connectivity index (χ3n) is 3.39. The van der Waals surface area contributed by atoms with Crippen LogP contribution in [0.5, 0.6) is 0 Å². The molecule has 3 heteroatoms. The van der Waals surface area contributed by atoms with Crippen molar-refractivity contribution in [2.24, 2.45) is 0 Å². The number of nitrogens with one attached hydrogen (secondary N) is 1. The molecule has 0 radical (unpaired) electrons. The topological polar surface area (TPSA) is 12.0 Å². The van der Waals surface area contributed by atoms with Crippen molar-refractivity contribution >= 4 is 0 Å². The van der Waals surface area contributed by atoms with Crippen LogP contribution in [0.2, 0.25) is 0 Å². The average molecular weight is 275 g/mol. The van der Waals surface area contributed by atoms with E-state index in [1.54, 1.807) is 24.3 Å². The standard InChI is InChI=1S/C17H19F2N/c1-12(11-14-7-3-5-9-16(14)18)20-13(2)15-8-4-6-10-17(15)19/h3-10,12-13,20H,11H2,1-2H3/t12?,13-/m1/s1. The van der Waals surface area contributed by atoms with Crippen molar-refractivity contribution in [2.45, 2.75) is 32.4 Å². The third kappa shape index (κ3) is 3.64. The fourth-order valence-electron chi connectivity index (χ4n) is 2.40. The maximum atomic E-state index is 13.7. The van der Waals surface area contributed by atoms with Crippen LogP contribution in [0, 0.1) is 11.6 Å². The summed E-state index contributed by atoms with van der Waals surface area (Å²) in [5.74, 6) is -0.412. The van der Waals surface area contributed by atoms with Gasteiger partial charge in [0.1, 0.15) is 11.6 Å². The molecule has 1 N–H and O–H groups in total. The zero-order chi connectivity index (χ0) is 14.5. The second-order valence-corrected chi connectivity index (χ2v) is 5.11. The summed E-state index contributed by atoms with van der Waals surface area (Å²) >= 11 is 0. The predicted octanol–water partition coefficient (Wildman–Crippen LogP) is 4.25. The molecule has 0 bridgehead atoms. The Morgan fingerprint density at radius 3 is 2.15 bits per heavy atom. The first-order chi connectivity index (χ1) is 9.58. The molecule has 0 saturated heterocycles. The fraction of sp³-hybridized carbons (Fsp3) is 0.294. The first kappa shape index (κ1) is 14.7. The van der Waals surface area contributed by atoms with Crippen LogP contribution in [0.3, 0.4) is 0 Å². The van der Waals surface area contributed by atoms with E-state index in [-0.39, 0.29) is 23.7 Å². The van der Waals surface area contributed by atoms with Gasteiger partial charge in [0.15, 0.2) is 0 Å². The molecule has 1 nitrogen and oxygen atoms in total. The number of hydrogen-bond acceptors (Lipinski definition) is 1. The normalized spacial score (nSPS) is 14.0. The van der Waals surface area contributed by atoms with Crippen molar-refractivity contribution in [3.63, 3.8) is 0 Å². The maximum Gasteiger partial charge on any atom is 0.127 e. The summed E-state index contributed by atoms with van der Waals surface area (Å²) in [5.41, 5.74) is 1.31. The monoisotopic (exact) mass is 275 g/mol. The Morgan fingerprint density at radius 1 is 0.900 bits per heavy atom. The Hall–Kier alpha value is -1.74. The van der Waals surface area contributed by atoms with Crippen LogP contribution in [-0.4, -0.2) is 6.04 Å². The molecule has 0 aliphatic carbocycles. The van der Waals surface area contributed by atoms with Crippen LogP contribution in [0.15, 0.2) is 48.5 Å². The molecule has 1 unspecified atom stereocenters. The molecule has 0 aliphatic rings. The molecule has 2 aromatic carbocycles. The van der Waals surface area contributed by atoms with Gasteiger partial charge in [0.25, 0.3) is 0 Å². The molecule has 0 fully saturated rings. The van der Waals surface area contributed by atoms with Gasteiger partial charge in [0, 0.05) is 17.6 Å². The molecule has 106 valence electrons. The van der Waals surface area contributed by atoms with Crippen LogP contribution in [0.1, 0.15) is 31.0 Å². The van der Waals surface area contributed by atoms with Crippen molar-refractivity contribution in [1.82, 2.24) is 5.32 Å². The quantitative estimate of drug-likeness (QED) is 0.860. The van der Waals surface area contributed by atoms with Crippen molar-refractivity contribution in [2.75, 3.05) is 0 Å². The average Bonchev–Trinajstić information content (AvgIpc) is 2.41. The highest BCUT2D eigenvalue weighted by Crippen LogP contribution is 2.18. The lowest BCUT2D eigenvalue weighted by atomic mass is 10.0. The van der Waals surface area contributed by atoms with E-state index >= 15 is 0 Å². The molecule has 0 saturated carbocycles. The summed E-state index contributed by atoms with van der Waals surface area (Å²) in [4.78, 5) is 0. The van der Waals surface area contributed by atoms with Crippen LogP contribution >= 0.6 is 0 Å². The highest BCUT2D eigenvalue weighted by Gasteiger charge is 2.14. The third-order valence-corrected chi connectivity index (χ3v) is 3.39. The van der Waals surface area contributed by atoms with Gasteiger partial charge in [-0.3, -0.25) is 0 Å². The van der Waals surface area contributed by atoms with E-state index in [2.05, 4.69) is 5.32 Å². The zero-order valence-electron chi connectivity index (χ0n) is 11.7. The van der Waals surface area contributed by atoms with Gasteiger partial charge in [-0.05, 0) is 38.0 Å². The second kappa shape index (κ2) is 6.62. The van der Waals surface area contributed by atoms with E-state index in [4.69, 9.17) is 0 Å². The Kier molecular flexibility index (Phi) is 4.85. The lowest BCUT2D eigenvalue weighted by Gasteiger charge is -2.21. The van der Waals surface area contributed by atoms with Crippen LogP contribution in [0.4, 0.5) is 8.78 Å².